The topological polar surface area (TPSA) is 148 Å². The van der Waals surface area contributed by atoms with Crippen molar-refractivity contribution in [2.75, 3.05) is 31.6 Å². The van der Waals surface area contributed by atoms with Gasteiger partial charge >= 0.3 is 11.9 Å². The third-order valence-corrected chi connectivity index (χ3v) is 7.41. The van der Waals surface area contributed by atoms with Crippen molar-refractivity contribution in [1.82, 2.24) is 4.90 Å². The molecular formula is C35H44N2O7. The SMILES string of the molecule is CC(=O)Nc1ccc(OCCCN2CCC(C(c3ccc(C)cc3)c3ccc(C)cc3)CC2)cc1.O.O=C(O)/C=C/C(=O)O. The number of carbonyl (C=O) groups excluding carboxylic acids is 1. The van der Waals surface area contributed by atoms with Crippen LogP contribution in [0.25, 0.3) is 0 Å². The number of aryl methyl sites for hydroxylation is 2. The molecule has 0 aliphatic carbocycles. The Morgan fingerprint density at radius 1 is 0.841 bits per heavy atom. The number of carboxylic acid groups (broad SMARTS) is 2. The standard InChI is InChI=1S/C31H38N2O2.C4H4O4.H2O/c1-23-5-9-26(10-6-23)31(27-11-7-24(2)8-12-27)28-17-20-33(21-18-28)19-4-22-35-30-15-13-29(14-16-30)32-25(3)34;5-3(6)1-2-4(7)8;/h5-16,28,31H,4,17-22H2,1-3H3,(H,32,34);1-2H,(H,5,6)(H,7,8);1H2/b;2-1+;. The van der Waals surface area contributed by atoms with E-state index in [-0.39, 0.29) is 11.4 Å². The molecule has 9 heteroatoms. The van der Waals surface area contributed by atoms with Gasteiger partial charge in [0.05, 0.1) is 6.61 Å². The number of aliphatic carboxylic acids is 2. The smallest absolute Gasteiger partial charge is 0.328 e. The van der Waals surface area contributed by atoms with E-state index in [2.05, 4.69) is 72.6 Å². The van der Waals surface area contributed by atoms with Crippen molar-refractivity contribution >= 4 is 23.5 Å². The maximum Gasteiger partial charge on any atom is 0.328 e. The van der Waals surface area contributed by atoms with E-state index in [1.165, 1.54) is 42.0 Å². The minimum atomic E-state index is -1.26. The summed E-state index contributed by atoms with van der Waals surface area (Å²) >= 11 is 0. The number of ether oxygens (including phenoxy) is 1. The van der Waals surface area contributed by atoms with Gasteiger partial charge in [-0.3, -0.25) is 4.79 Å². The van der Waals surface area contributed by atoms with Gasteiger partial charge in [-0.1, -0.05) is 59.7 Å². The first-order valence-corrected chi connectivity index (χ1v) is 14.6. The van der Waals surface area contributed by atoms with Gasteiger partial charge < -0.3 is 30.6 Å². The van der Waals surface area contributed by atoms with E-state index in [4.69, 9.17) is 14.9 Å². The molecule has 0 saturated carbocycles. The number of rotatable bonds is 11. The van der Waals surface area contributed by atoms with Crippen LogP contribution in [0.1, 0.15) is 54.4 Å². The van der Waals surface area contributed by atoms with Crippen LogP contribution in [0.3, 0.4) is 0 Å². The number of benzene rings is 3. The molecule has 0 spiro atoms. The molecule has 0 radical (unpaired) electrons. The molecule has 1 amide bonds. The first-order chi connectivity index (χ1) is 20.6. The number of carbonyl (C=O) groups is 3. The van der Waals surface area contributed by atoms with Crippen molar-refractivity contribution in [1.29, 1.82) is 0 Å². The number of amides is 1. The van der Waals surface area contributed by atoms with Crippen molar-refractivity contribution in [2.45, 2.75) is 46.0 Å². The number of carboxylic acids is 2. The van der Waals surface area contributed by atoms with Gasteiger partial charge in [0.1, 0.15) is 5.75 Å². The van der Waals surface area contributed by atoms with Gasteiger partial charge in [-0.25, -0.2) is 9.59 Å². The van der Waals surface area contributed by atoms with Gasteiger partial charge in [-0.15, -0.1) is 0 Å². The second-order valence-electron chi connectivity index (χ2n) is 10.9. The van der Waals surface area contributed by atoms with Crippen molar-refractivity contribution in [2.24, 2.45) is 5.92 Å². The van der Waals surface area contributed by atoms with Crippen LogP contribution in [0.2, 0.25) is 0 Å². The molecule has 4 rings (SSSR count). The summed E-state index contributed by atoms with van der Waals surface area (Å²) in [6, 6.07) is 25.9. The van der Waals surface area contributed by atoms with Crippen LogP contribution in [-0.4, -0.2) is 64.7 Å². The third-order valence-electron chi connectivity index (χ3n) is 7.41. The Morgan fingerprint density at radius 2 is 1.32 bits per heavy atom. The van der Waals surface area contributed by atoms with Gasteiger partial charge in [0.15, 0.2) is 0 Å². The summed E-state index contributed by atoms with van der Waals surface area (Å²) in [5.74, 6) is -0.611. The van der Waals surface area contributed by atoms with Crippen molar-refractivity contribution in [3.63, 3.8) is 0 Å². The Morgan fingerprint density at radius 3 is 1.75 bits per heavy atom. The fourth-order valence-corrected chi connectivity index (χ4v) is 5.25. The minimum Gasteiger partial charge on any atom is -0.494 e. The largest absolute Gasteiger partial charge is 0.494 e. The van der Waals surface area contributed by atoms with Gasteiger partial charge in [0.25, 0.3) is 0 Å². The van der Waals surface area contributed by atoms with Gasteiger partial charge in [0.2, 0.25) is 5.91 Å². The van der Waals surface area contributed by atoms with Crippen LogP contribution >= 0.6 is 0 Å². The fraction of sp³-hybridized carbons (Fsp3) is 0.343. The van der Waals surface area contributed by atoms with Crippen molar-refractivity contribution < 1.29 is 34.8 Å². The molecule has 1 aliphatic rings. The lowest BCUT2D eigenvalue weighted by molar-refractivity contribution is -0.134. The maximum atomic E-state index is 11.1. The van der Waals surface area contributed by atoms with E-state index in [0.29, 0.717) is 30.6 Å². The monoisotopic (exact) mass is 604 g/mol. The number of nitrogens with zero attached hydrogens (tertiary/aromatic N) is 1. The number of anilines is 1. The molecular weight excluding hydrogens is 560 g/mol. The van der Waals surface area contributed by atoms with E-state index in [1.54, 1.807) is 0 Å². The van der Waals surface area contributed by atoms with Crippen LogP contribution in [0.15, 0.2) is 84.9 Å². The van der Waals surface area contributed by atoms with Gasteiger partial charge in [-0.2, -0.15) is 0 Å². The van der Waals surface area contributed by atoms with Crippen molar-refractivity contribution in [3.05, 3.63) is 107 Å². The average molecular weight is 605 g/mol. The van der Waals surface area contributed by atoms with Gasteiger partial charge in [-0.05, 0) is 87.5 Å². The molecule has 1 heterocycles. The number of piperidine rings is 1. The minimum absolute atomic E-state index is 0. The summed E-state index contributed by atoms with van der Waals surface area (Å²) in [6.07, 6.45) is 4.57. The normalized spacial score (nSPS) is 13.5. The zero-order valence-corrected chi connectivity index (χ0v) is 25.7. The fourth-order valence-electron chi connectivity index (χ4n) is 5.25. The Labute approximate surface area is 259 Å². The highest BCUT2D eigenvalue weighted by atomic mass is 16.5. The molecule has 0 unspecified atom stereocenters. The highest BCUT2D eigenvalue weighted by Gasteiger charge is 2.28. The van der Waals surface area contributed by atoms with E-state index in [0.717, 1.165) is 37.5 Å². The van der Waals surface area contributed by atoms with E-state index >= 15 is 0 Å². The molecule has 0 bridgehead atoms. The Hall–Kier alpha value is -4.47. The lowest BCUT2D eigenvalue weighted by atomic mass is 9.76. The van der Waals surface area contributed by atoms with E-state index in [1.807, 2.05) is 24.3 Å². The Balaban J connectivity index is 0.000000662. The lowest BCUT2D eigenvalue weighted by Crippen LogP contribution is -2.36. The molecule has 0 aromatic heterocycles. The first kappa shape index (κ1) is 35.7. The highest BCUT2D eigenvalue weighted by molar-refractivity contribution is 5.89. The molecule has 3 aromatic carbocycles. The second kappa shape index (κ2) is 18.3. The number of hydrogen-bond acceptors (Lipinski definition) is 5. The molecule has 1 fully saturated rings. The zero-order valence-electron chi connectivity index (χ0n) is 25.7. The number of nitrogens with one attached hydrogen (secondary N) is 1. The third kappa shape index (κ3) is 12.4. The average Bonchev–Trinajstić information content (AvgIpc) is 2.98. The number of likely N-dealkylation sites (tertiary alicyclic amines) is 1. The summed E-state index contributed by atoms with van der Waals surface area (Å²) in [6.45, 7) is 9.89. The van der Waals surface area contributed by atoms with Crippen LogP contribution < -0.4 is 10.1 Å². The Bertz CT molecular complexity index is 1280. The molecule has 236 valence electrons. The lowest BCUT2D eigenvalue weighted by Gasteiger charge is -2.36. The van der Waals surface area contributed by atoms with Crippen LogP contribution in [0, 0.1) is 19.8 Å². The van der Waals surface area contributed by atoms with Crippen LogP contribution in [-0.2, 0) is 14.4 Å². The summed E-state index contributed by atoms with van der Waals surface area (Å²) in [4.78, 5) is 32.8. The van der Waals surface area contributed by atoms with Crippen molar-refractivity contribution in [3.8, 4) is 5.75 Å². The molecule has 5 N–H and O–H groups in total. The zero-order chi connectivity index (χ0) is 31.2. The van der Waals surface area contributed by atoms with Crippen LogP contribution in [0.5, 0.6) is 5.75 Å². The molecule has 0 atom stereocenters. The summed E-state index contributed by atoms with van der Waals surface area (Å²) in [7, 11) is 0. The van der Waals surface area contributed by atoms with Gasteiger partial charge in [0, 0.05) is 37.2 Å². The summed E-state index contributed by atoms with van der Waals surface area (Å²) < 4.78 is 5.91. The van der Waals surface area contributed by atoms with Crippen LogP contribution in [0.4, 0.5) is 5.69 Å². The first-order valence-electron chi connectivity index (χ1n) is 14.6. The quantitative estimate of drug-likeness (QED) is 0.194. The number of hydrogen-bond donors (Lipinski definition) is 3. The van der Waals surface area contributed by atoms with E-state index in [9.17, 15) is 14.4 Å². The molecule has 44 heavy (non-hydrogen) atoms. The Kier molecular flexibility index (Phi) is 14.8. The molecule has 1 aliphatic heterocycles. The molecule has 3 aromatic rings. The highest BCUT2D eigenvalue weighted by Crippen LogP contribution is 2.38. The summed E-state index contributed by atoms with van der Waals surface area (Å²) in [5, 5.41) is 18.4. The van der Waals surface area contributed by atoms with E-state index < -0.39 is 11.9 Å². The second-order valence-corrected chi connectivity index (χ2v) is 10.9. The summed E-state index contributed by atoms with van der Waals surface area (Å²) in [5.41, 5.74) is 6.31. The molecule has 1 saturated heterocycles. The predicted molar refractivity (Wildman–Crippen MR) is 172 cm³/mol. The maximum absolute atomic E-state index is 11.1. The molecule has 9 nitrogen and oxygen atoms in total. The predicted octanol–water partition coefficient (Wildman–Crippen LogP) is 5.46.